The lowest BCUT2D eigenvalue weighted by Crippen LogP contribution is -2.43. The summed E-state index contributed by atoms with van der Waals surface area (Å²) in [6.45, 7) is 2.80. The van der Waals surface area contributed by atoms with Crippen molar-refractivity contribution in [1.29, 1.82) is 0 Å². The molecular formula is C17H22N2OS. The Morgan fingerprint density at radius 1 is 1.19 bits per heavy atom. The second-order valence-electron chi connectivity index (χ2n) is 5.58. The highest BCUT2D eigenvalue weighted by atomic mass is 32.1. The summed E-state index contributed by atoms with van der Waals surface area (Å²) in [5, 5.41) is 17.6. The van der Waals surface area contributed by atoms with Crippen LogP contribution >= 0.6 is 11.3 Å². The molecule has 1 aliphatic rings. The summed E-state index contributed by atoms with van der Waals surface area (Å²) in [5.74, 6) is 0. The lowest BCUT2D eigenvalue weighted by Gasteiger charge is -2.34. The van der Waals surface area contributed by atoms with E-state index in [4.69, 9.17) is 0 Å². The lowest BCUT2D eigenvalue weighted by molar-refractivity contribution is 0.167. The van der Waals surface area contributed by atoms with Crippen LogP contribution in [0.1, 0.15) is 24.5 Å². The summed E-state index contributed by atoms with van der Waals surface area (Å²) < 4.78 is 0. The molecule has 0 aliphatic carbocycles. The van der Waals surface area contributed by atoms with Gasteiger partial charge in [0.2, 0.25) is 0 Å². The molecule has 1 saturated heterocycles. The highest BCUT2D eigenvalue weighted by Gasteiger charge is 2.20. The van der Waals surface area contributed by atoms with Crippen LogP contribution in [0.2, 0.25) is 0 Å². The zero-order valence-electron chi connectivity index (χ0n) is 12.1. The van der Waals surface area contributed by atoms with Gasteiger partial charge in [-0.25, -0.2) is 0 Å². The van der Waals surface area contributed by atoms with Gasteiger partial charge in [0.15, 0.2) is 0 Å². The van der Waals surface area contributed by atoms with Crippen LogP contribution in [0.3, 0.4) is 0 Å². The molecule has 0 saturated carbocycles. The number of anilines is 1. The quantitative estimate of drug-likeness (QED) is 0.891. The minimum Gasteiger partial charge on any atom is -0.387 e. The van der Waals surface area contributed by atoms with Crippen LogP contribution in [0, 0.1) is 0 Å². The van der Waals surface area contributed by atoms with Crippen LogP contribution in [-0.2, 0) is 0 Å². The first kappa shape index (κ1) is 14.6. The zero-order chi connectivity index (χ0) is 14.5. The van der Waals surface area contributed by atoms with Crippen molar-refractivity contribution >= 4 is 17.0 Å². The summed E-state index contributed by atoms with van der Waals surface area (Å²) in [7, 11) is 0. The molecule has 112 valence electrons. The lowest BCUT2D eigenvalue weighted by atomic mass is 10.0. The number of piperidine rings is 1. The molecule has 1 aromatic carbocycles. The maximum atomic E-state index is 10.1. The maximum absolute atomic E-state index is 10.1. The van der Waals surface area contributed by atoms with Crippen LogP contribution in [0.25, 0.3) is 0 Å². The summed E-state index contributed by atoms with van der Waals surface area (Å²) in [6.07, 6.45) is 1.87. The number of aliphatic hydroxyl groups excluding tert-OH is 1. The van der Waals surface area contributed by atoms with Crippen molar-refractivity contribution in [1.82, 2.24) is 5.32 Å². The molecule has 0 spiro atoms. The second-order valence-corrected chi connectivity index (χ2v) is 6.36. The summed E-state index contributed by atoms with van der Waals surface area (Å²) >= 11 is 1.63. The molecule has 2 heterocycles. The first-order valence-corrected chi connectivity index (χ1v) is 8.51. The first-order chi connectivity index (χ1) is 10.3. The Kier molecular flexibility index (Phi) is 4.91. The number of nitrogens with zero attached hydrogens (tertiary/aromatic N) is 1. The molecule has 3 nitrogen and oxygen atoms in total. The molecule has 1 unspecified atom stereocenters. The van der Waals surface area contributed by atoms with Crippen molar-refractivity contribution in [3.63, 3.8) is 0 Å². The number of rotatable bonds is 5. The number of benzene rings is 1. The van der Waals surface area contributed by atoms with Gasteiger partial charge >= 0.3 is 0 Å². The highest BCUT2D eigenvalue weighted by molar-refractivity contribution is 7.07. The SMILES string of the molecule is OC(CNC1CCN(c2ccccc2)CC1)c1ccsc1. The van der Waals surface area contributed by atoms with Gasteiger partial charge in [-0.1, -0.05) is 18.2 Å². The molecule has 1 aliphatic heterocycles. The van der Waals surface area contributed by atoms with Crippen LogP contribution in [0.4, 0.5) is 5.69 Å². The van der Waals surface area contributed by atoms with Crippen molar-refractivity contribution in [2.45, 2.75) is 25.0 Å². The third-order valence-electron chi connectivity index (χ3n) is 4.14. The average molecular weight is 302 g/mol. The molecule has 1 fully saturated rings. The Balaban J connectivity index is 1.44. The Morgan fingerprint density at radius 3 is 2.62 bits per heavy atom. The van der Waals surface area contributed by atoms with Gasteiger partial charge in [-0.15, -0.1) is 0 Å². The molecular weight excluding hydrogens is 280 g/mol. The molecule has 2 aromatic rings. The first-order valence-electron chi connectivity index (χ1n) is 7.56. The van der Waals surface area contributed by atoms with Gasteiger partial charge in [-0.3, -0.25) is 0 Å². The van der Waals surface area contributed by atoms with E-state index in [-0.39, 0.29) is 6.10 Å². The van der Waals surface area contributed by atoms with E-state index in [1.54, 1.807) is 11.3 Å². The van der Waals surface area contributed by atoms with Gasteiger partial charge in [0.25, 0.3) is 0 Å². The van der Waals surface area contributed by atoms with Gasteiger partial charge in [0, 0.05) is 31.4 Å². The van der Waals surface area contributed by atoms with E-state index < -0.39 is 0 Å². The summed E-state index contributed by atoms with van der Waals surface area (Å²) in [6, 6.07) is 13.1. The summed E-state index contributed by atoms with van der Waals surface area (Å²) in [5.41, 5.74) is 2.34. The third-order valence-corrected chi connectivity index (χ3v) is 4.85. The fraction of sp³-hybridized carbons (Fsp3) is 0.412. The van der Waals surface area contributed by atoms with Crippen molar-refractivity contribution in [3.05, 3.63) is 52.7 Å². The van der Waals surface area contributed by atoms with E-state index in [9.17, 15) is 5.11 Å². The van der Waals surface area contributed by atoms with Crippen LogP contribution in [0.5, 0.6) is 0 Å². The zero-order valence-corrected chi connectivity index (χ0v) is 12.9. The standard InChI is InChI=1S/C17H22N2OS/c20-17(14-8-11-21-13-14)12-18-15-6-9-19(10-7-15)16-4-2-1-3-5-16/h1-5,8,11,13,15,17-18,20H,6-7,9-10,12H2. The number of hydrogen-bond acceptors (Lipinski definition) is 4. The smallest absolute Gasteiger partial charge is 0.0922 e. The van der Waals surface area contributed by atoms with Crippen molar-refractivity contribution in [2.24, 2.45) is 0 Å². The molecule has 0 radical (unpaired) electrons. The topological polar surface area (TPSA) is 35.5 Å². The van der Waals surface area contributed by atoms with Gasteiger partial charge in [-0.2, -0.15) is 11.3 Å². The normalized spacial score (nSPS) is 17.9. The Labute approximate surface area is 130 Å². The molecule has 4 heteroatoms. The molecule has 0 amide bonds. The Morgan fingerprint density at radius 2 is 1.95 bits per heavy atom. The predicted octanol–water partition coefficient (Wildman–Crippen LogP) is 3.04. The number of aliphatic hydroxyl groups is 1. The number of nitrogens with one attached hydrogen (secondary N) is 1. The molecule has 1 atom stereocenters. The molecule has 3 rings (SSSR count). The van der Waals surface area contributed by atoms with E-state index in [1.807, 2.05) is 16.8 Å². The molecule has 21 heavy (non-hydrogen) atoms. The highest BCUT2D eigenvalue weighted by Crippen LogP contribution is 2.20. The second kappa shape index (κ2) is 7.07. The van der Waals surface area contributed by atoms with Gasteiger partial charge in [-0.05, 0) is 47.4 Å². The third kappa shape index (κ3) is 3.84. The van der Waals surface area contributed by atoms with Crippen LogP contribution < -0.4 is 10.2 Å². The van der Waals surface area contributed by atoms with Gasteiger partial charge in [0.05, 0.1) is 6.10 Å². The fourth-order valence-electron chi connectivity index (χ4n) is 2.84. The molecule has 0 bridgehead atoms. The predicted molar refractivity (Wildman–Crippen MR) is 89.0 cm³/mol. The fourth-order valence-corrected chi connectivity index (χ4v) is 3.55. The number of hydrogen-bond donors (Lipinski definition) is 2. The largest absolute Gasteiger partial charge is 0.387 e. The van der Waals surface area contributed by atoms with E-state index in [1.165, 1.54) is 5.69 Å². The van der Waals surface area contributed by atoms with E-state index in [0.717, 1.165) is 31.5 Å². The minimum absolute atomic E-state index is 0.386. The van der Waals surface area contributed by atoms with E-state index in [0.29, 0.717) is 12.6 Å². The number of thiophene rings is 1. The van der Waals surface area contributed by atoms with Crippen LogP contribution in [-0.4, -0.2) is 30.8 Å². The van der Waals surface area contributed by atoms with Crippen molar-refractivity contribution in [2.75, 3.05) is 24.5 Å². The molecule has 1 aromatic heterocycles. The van der Waals surface area contributed by atoms with E-state index >= 15 is 0 Å². The number of para-hydroxylation sites is 1. The van der Waals surface area contributed by atoms with Gasteiger partial charge < -0.3 is 15.3 Å². The molecule has 2 N–H and O–H groups in total. The van der Waals surface area contributed by atoms with Crippen LogP contribution in [0.15, 0.2) is 47.2 Å². The maximum Gasteiger partial charge on any atom is 0.0922 e. The minimum atomic E-state index is -0.386. The van der Waals surface area contributed by atoms with Crippen molar-refractivity contribution < 1.29 is 5.11 Å². The average Bonchev–Trinajstić information content (AvgIpc) is 3.08. The summed E-state index contributed by atoms with van der Waals surface area (Å²) in [4.78, 5) is 2.44. The van der Waals surface area contributed by atoms with E-state index in [2.05, 4.69) is 40.5 Å². The van der Waals surface area contributed by atoms with Gasteiger partial charge in [0.1, 0.15) is 0 Å². The van der Waals surface area contributed by atoms with Crippen molar-refractivity contribution in [3.8, 4) is 0 Å². The Hall–Kier alpha value is -1.36. The monoisotopic (exact) mass is 302 g/mol. The Bertz CT molecular complexity index is 521.